The smallest absolute Gasteiger partial charge is 0.357 e. The van der Waals surface area contributed by atoms with Crippen molar-refractivity contribution in [2.75, 3.05) is 18.6 Å². The first kappa shape index (κ1) is 18.4. The predicted molar refractivity (Wildman–Crippen MR) is 93.9 cm³/mol. The van der Waals surface area contributed by atoms with Crippen molar-refractivity contribution in [2.45, 2.75) is 18.2 Å². The minimum absolute atomic E-state index is 0.0429. The molecule has 2 N–H and O–H groups in total. The van der Waals surface area contributed by atoms with Gasteiger partial charge in [0.15, 0.2) is 5.69 Å². The molecule has 0 radical (unpaired) electrons. The number of nitrogens with zero attached hydrogens (tertiary/aromatic N) is 3. The summed E-state index contributed by atoms with van der Waals surface area (Å²) < 4.78 is 5.95. The number of nitrogen functional groups attached to an aromatic ring is 1. The number of hydrogen-bond donors (Lipinski definition) is 1. The van der Waals surface area contributed by atoms with Crippen LogP contribution < -0.4 is 5.73 Å². The Labute approximate surface area is 148 Å². The Morgan fingerprint density at radius 3 is 2.80 bits per heavy atom. The van der Waals surface area contributed by atoms with Gasteiger partial charge in [0.25, 0.3) is 5.69 Å². The highest BCUT2D eigenvalue weighted by molar-refractivity contribution is 7.99. The molecule has 0 saturated heterocycles. The minimum Gasteiger partial charge on any atom is -0.464 e. The average molecular weight is 360 g/mol. The second-order valence-electron chi connectivity index (χ2n) is 5.03. The minimum atomic E-state index is -0.778. The second-order valence-corrected chi connectivity index (χ2v) is 6.20. The molecule has 0 bridgehead atoms. The molecule has 0 aliphatic carbocycles. The van der Waals surface area contributed by atoms with E-state index in [0.717, 1.165) is 17.1 Å². The van der Waals surface area contributed by atoms with Crippen molar-refractivity contribution in [2.24, 2.45) is 0 Å². The van der Waals surface area contributed by atoms with Gasteiger partial charge in [0.2, 0.25) is 0 Å². The van der Waals surface area contributed by atoms with Crippen LogP contribution in [0.5, 0.6) is 0 Å². The molecule has 0 fully saturated rings. The molecule has 2 aromatic rings. The highest BCUT2D eigenvalue weighted by Crippen LogP contribution is 2.33. The Morgan fingerprint density at radius 1 is 1.52 bits per heavy atom. The summed E-state index contributed by atoms with van der Waals surface area (Å²) in [7, 11) is 1.17. The largest absolute Gasteiger partial charge is 0.464 e. The van der Waals surface area contributed by atoms with Crippen LogP contribution in [0.2, 0.25) is 0 Å². The molecule has 0 unspecified atom stereocenters. The van der Waals surface area contributed by atoms with Gasteiger partial charge in [-0.1, -0.05) is 6.92 Å². The molecule has 1 heterocycles. The van der Waals surface area contributed by atoms with Crippen LogP contribution >= 0.6 is 11.8 Å². The fourth-order valence-electron chi connectivity index (χ4n) is 2.26. The van der Waals surface area contributed by atoms with Gasteiger partial charge >= 0.3 is 5.97 Å². The number of esters is 1. The van der Waals surface area contributed by atoms with Crippen molar-refractivity contribution in [3.63, 3.8) is 0 Å². The normalized spacial score (nSPS) is 10.3. The lowest BCUT2D eigenvalue weighted by molar-refractivity contribution is -0.384. The highest BCUT2D eigenvalue weighted by Gasteiger charge is 2.26. The summed E-state index contributed by atoms with van der Waals surface area (Å²) in [6, 6.07) is 6.50. The van der Waals surface area contributed by atoms with Crippen molar-refractivity contribution < 1.29 is 14.5 Å². The van der Waals surface area contributed by atoms with Gasteiger partial charge in [-0.25, -0.2) is 4.79 Å². The van der Waals surface area contributed by atoms with Crippen molar-refractivity contribution in [1.29, 1.82) is 5.26 Å². The van der Waals surface area contributed by atoms with Crippen LogP contribution in [0.4, 0.5) is 11.4 Å². The Kier molecular flexibility index (Phi) is 5.67. The molecule has 9 heteroatoms. The molecular weight excluding hydrogens is 344 g/mol. The molecule has 0 aliphatic heterocycles. The van der Waals surface area contributed by atoms with E-state index in [9.17, 15) is 20.2 Å². The number of carbonyl (C=O) groups is 1. The van der Waals surface area contributed by atoms with E-state index in [0.29, 0.717) is 0 Å². The molecule has 0 amide bonds. The van der Waals surface area contributed by atoms with Crippen molar-refractivity contribution in [3.8, 4) is 11.8 Å². The molecule has 0 saturated carbocycles. The molecule has 0 aliphatic rings. The summed E-state index contributed by atoms with van der Waals surface area (Å²) in [5.41, 5.74) is 5.66. The number of nitro benzene ring substituents is 1. The Bertz CT molecular complexity index is 870. The molecule has 0 spiro atoms. The number of thioether (sulfide) groups is 1. The van der Waals surface area contributed by atoms with Crippen LogP contribution in [0.15, 0.2) is 29.3 Å². The van der Waals surface area contributed by atoms with Gasteiger partial charge < -0.3 is 15.0 Å². The molecule has 1 aromatic heterocycles. The average Bonchev–Trinajstić information content (AvgIpc) is 2.95. The first-order chi connectivity index (χ1) is 11.9. The zero-order valence-corrected chi connectivity index (χ0v) is 14.5. The number of benzene rings is 1. The topological polar surface area (TPSA) is 124 Å². The van der Waals surface area contributed by atoms with Gasteiger partial charge in [0, 0.05) is 17.2 Å². The third-order valence-corrected chi connectivity index (χ3v) is 4.62. The molecule has 2 rings (SSSR count). The lowest BCUT2D eigenvalue weighted by atomic mass is 10.2. The van der Waals surface area contributed by atoms with E-state index >= 15 is 0 Å². The number of carbonyl (C=O) groups excluding carboxylic acids is 1. The SMILES string of the molecule is CCCSc1ccc([N+](=O)[O-])c(-n2cc(C#N)c(N)c2C(=O)OC)c1. The van der Waals surface area contributed by atoms with Gasteiger partial charge in [-0.3, -0.25) is 10.1 Å². The first-order valence-electron chi connectivity index (χ1n) is 7.35. The van der Waals surface area contributed by atoms with E-state index in [1.807, 2.05) is 13.0 Å². The van der Waals surface area contributed by atoms with Gasteiger partial charge in [0.05, 0.1) is 23.3 Å². The van der Waals surface area contributed by atoms with Gasteiger partial charge in [-0.05, 0) is 24.3 Å². The Morgan fingerprint density at radius 2 is 2.24 bits per heavy atom. The Hall–Kier alpha value is -2.99. The van der Waals surface area contributed by atoms with E-state index < -0.39 is 10.9 Å². The lowest BCUT2D eigenvalue weighted by Crippen LogP contribution is -2.12. The first-order valence-corrected chi connectivity index (χ1v) is 8.34. The lowest BCUT2D eigenvalue weighted by Gasteiger charge is -2.10. The molecule has 130 valence electrons. The molecule has 8 nitrogen and oxygen atoms in total. The molecule has 25 heavy (non-hydrogen) atoms. The maximum absolute atomic E-state index is 12.1. The highest BCUT2D eigenvalue weighted by atomic mass is 32.2. The number of nitrogens with two attached hydrogens (primary N) is 1. The molecule has 0 atom stereocenters. The van der Waals surface area contributed by atoms with E-state index in [4.69, 9.17) is 10.5 Å². The summed E-state index contributed by atoms with van der Waals surface area (Å²) in [6.07, 6.45) is 2.25. The monoisotopic (exact) mass is 360 g/mol. The number of methoxy groups -OCH3 is 1. The van der Waals surface area contributed by atoms with E-state index in [-0.39, 0.29) is 28.3 Å². The maximum Gasteiger partial charge on any atom is 0.357 e. The summed E-state index contributed by atoms with van der Waals surface area (Å²) >= 11 is 1.54. The summed E-state index contributed by atoms with van der Waals surface area (Å²) in [6.45, 7) is 2.03. The maximum atomic E-state index is 12.1. The van der Waals surface area contributed by atoms with Crippen LogP contribution in [0.3, 0.4) is 0 Å². The number of hydrogen-bond acceptors (Lipinski definition) is 7. The van der Waals surface area contributed by atoms with Crippen LogP contribution in [-0.4, -0.2) is 28.3 Å². The third-order valence-electron chi connectivity index (χ3n) is 3.42. The standard InChI is InChI=1S/C16H16N4O4S/c1-3-6-25-11-4-5-12(20(22)23)13(7-11)19-9-10(8-17)14(18)15(19)16(21)24-2/h4-5,7,9H,3,6,18H2,1-2H3. The number of rotatable bonds is 6. The summed E-state index contributed by atoms with van der Waals surface area (Å²) in [5.74, 6) is 0.0677. The molecule has 1 aromatic carbocycles. The van der Waals surface area contributed by atoms with E-state index in [1.54, 1.807) is 12.1 Å². The number of aromatic nitrogens is 1. The van der Waals surface area contributed by atoms with Crippen LogP contribution in [0.1, 0.15) is 29.4 Å². The zero-order chi connectivity index (χ0) is 18.6. The Balaban J connectivity index is 2.73. The van der Waals surface area contributed by atoms with Crippen molar-refractivity contribution in [3.05, 3.63) is 45.8 Å². The van der Waals surface area contributed by atoms with Crippen LogP contribution in [0, 0.1) is 21.4 Å². The summed E-state index contributed by atoms with van der Waals surface area (Å²) in [5, 5.41) is 20.6. The molecular formula is C16H16N4O4S. The predicted octanol–water partition coefficient (Wildman–Crippen LogP) is 3.13. The van der Waals surface area contributed by atoms with E-state index in [1.165, 1.54) is 35.7 Å². The van der Waals surface area contributed by atoms with Gasteiger partial charge in [-0.15, -0.1) is 11.8 Å². The van der Waals surface area contributed by atoms with E-state index in [2.05, 4.69) is 0 Å². The van der Waals surface area contributed by atoms with Gasteiger partial charge in [-0.2, -0.15) is 5.26 Å². The van der Waals surface area contributed by atoms with Gasteiger partial charge in [0.1, 0.15) is 11.8 Å². The fraction of sp³-hybridized carbons (Fsp3) is 0.250. The summed E-state index contributed by atoms with van der Waals surface area (Å²) in [4.78, 5) is 23.8. The zero-order valence-electron chi connectivity index (χ0n) is 13.7. The van der Waals surface area contributed by atoms with Crippen molar-refractivity contribution >= 4 is 29.1 Å². The van der Waals surface area contributed by atoms with Crippen LogP contribution in [0.25, 0.3) is 5.69 Å². The number of anilines is 1. The quantitative estimate of drug-likeness (QED) is 0.363. The number of nitriles is 1. The fourth-order valence-corrected chi connectivity index (χ4v) is 3.06. The number of nitro groups is 1. The van der Waals surface area contributed by atoms with Crippen LogP contribution in [-0.2, 0) is 4.74 Å². The second kappa shape index (κ2) is 7.72. The third kappa shape index (κ3) is 3.59. The van der Waals surface area contributed by atoms with Crippen molar-refractivity contribution in [1.82, 2.24) is 4.57 Å². The number of ether oxygens (including phenoxy) is 1.